The molecular formula is C21H19F6NO4. The van der Waals surface area contributed by atoms with Crippen LogP contribution in [0, 0.1) is 6.92 Å². The molecule has 174 valence electrons. The molecule has 0 radical (unpaired) electrons. The minimum absolute atomic E-state index is 0.176. The molecule has 1 amide bonds. The topological polar surface area (TPSA) is 75.6 Å². The monoisotopic (exact) mass is 463 g/mol. The van der Waals surface area contributed by atoms with Gasteiger partial charge in [-0.25, -0.2) is 4.79 Å². The van der Waals surface area contributed by atoms with Gasteiger partial charge in [-0.15, -0.1) is 0 Å². The van der Waals surface area contributed by atoms with Gasteiger partial charge in [0.05, 0.1) is 7.11 Å². The van der Waals surface area contributed by atoms with Crippen molar-refractivity contribution in [2.75, 3.05) is 7.11 Å². The average molecular weight is 463 g/mol. The predicted octanol–water partition coefficient (Wildman–Crippen LogP) is 4.27. The standard InChI is InChI=1S/C21H19F6NO4/c1-11-4-6-13(7-5-11)14-8-15(17(29)28-12(2)18(30)32-3)10-16(9-14)19(31,20(22,23)24)21(25,26)27/h4-10,12,31H,1-3H3,(H,28,29)/t12-/m1/s1. The highest BCUT2D eigenvalue weighted by molar-refractivity contribution is 5.98. The van der Waals surface area contributed by atoms with E-state index >= 15 is 0 Å². The van der Waals surface area contributed by atoms with E-state index in [1.807, 2.05) is 0 Å². The number of benzene rings is 2. The van der Waals surface area contributed by atoms with Crippen molar-refractivity contribution in [3.05, 3.63) is 59.2 Å². The van der Waals surface area contributed by atoms with Crippen LogP contribution in [-0.4, -0.2) is 42.5 Å². The maximum absolute atomic E-state index is 13.4. The summed E-state index contributed by atoms with van der Waals surface area (Å²) in [6.45, 7) is 2.94. The number of amides is 1. The van der Waals surface area contributed by atoms with E-state index in [1.165, 1.54) is 19.1 Å². The highest BCUT2D eigenvalue weighted by atomic mass is 19.4. The van der Waals surface area contributed by atoms with Gasteiger partial charge in [-0.2, -0.15) is 26.3 Å². The summed E-state index contributed by atoms with van der Waals surface area (Å²) in [5.74, 6) is -2.01. The number of hydrogen-bond donors (Lipinski definition) is 2. The van der Waals surface area contributed by atoms with Gasteiger partial charge < -0.3 is 15.2 Å². The van der Waals surface area contributed by atoms with Gasteiger partial charge in [-0.3, -0.25) is 4.79 Å². The third-order valence-electron chi connectivity index (χ3n) is 4.72. The van der Waals surface area contributed by atoms with Gasteiger partial charge in [-0.05, 0) is 43.2 Å². The zero-order valence-electron chi connectivity index (χ0n) is 17.1. The lowest BCUT2D eigenvalue weighted by Gasteiger charge is -2.33. The third-order valence-corrected chi connectivity index (χ3v) is 4.72. The average Bonchev–Trinajstić information content (AvgIpc) is 2.70. The van der Waals surface area contributed by atoms with Crippen molar-refractivity contribution in [1.82, 2.24) is 5.32 Å². The van der Waals surface area contributed by atoms with Crippen molar-refractivity contribution < 1.29 is 45.8 Å². The fourth-order valence-electron chi connectivity index (χ4n) is 2.88. The summed E-state index contributed by atoms with van der Waals surface area (Å²) in [4.78, 5) is 24.0. The number of halogens is 6. The number of esters is 1. The SMILES string of the molecule is COC(=O)[C@@H](C)NC(=O)c1cc(-c2ccc(C)cc2)cc(C(O)(C(F)(F)F)C(F)(F)F)c1. The zero-order chi connectivity index (χ0) is 24.5. The second-order valence-corrected chi connectivity index (χ2v) is 7.09. The summed E-state index contributed by atoms with van der Waals surface area (Å²) in [6, 6.07) is 6.65. The lowest BCUT2D eigenvalue weighted by Crippen LogP contribution is -2.54. The zero-order valence-corrected chi connectivity index (χ0v) is 17.1. The predicted molar refractivity (Wildman–Crippen MR) is 102 cm³/mol. The molecule has 0 aliphatic carbocycles. The molecule has 0 aliphatic rings. The van der Waals surface area contributed by atoms with E-state index in [-0.39, 0.29) is 17.2 Å². The number of hydrogen-bond acceptors (Lipinski definition) is 4. The van der Waals surface area contributed by atoms with E-state index in [9.17, 15) is 41.0 Å². The van der Waals surface area contributed by atoms with Crippen LogP contribution in [0.1, 0.15) is 28.4 Å². The summed E-state index contributed by atoms with van der Waals surface area (Å²) in [5, 5.41) is 12.0. The Morgan fingerprint density at radius 2 is 1.47 bits per heavy atom. The molecule has 0 aromatic heterocycles. The quantitative estimate of drug-likeness (QED) is 0.513. The number of carbonyl (C=O) groups excluding carboxylic acids is 2. The van der Waals surface area contributed by atoms with Gasteiger partial charge in [0.1, 0.15) is 6.04 Å². The van der Waals surface area contributed by atoms with Gasteiger partial charge in [-0.1, -0.05) is 29.8 Å². The number of rotatable bonds is 5. The molecule has 0 unspecified atom stereocenters. The molecule has 2 aromatic rings. The van der Waals surface area contributed by atoms with Crippen LogP contribution in [-0.2, 0) is 15.1 Å². The van der Waals surface area contributed by atoms with Crippen LogP contribution >= 0.6 is 0 Å². The molecule has 11 heteroatoms. The van der Waals surface area contributed by atoms with Crippen LogP contribution in [0.2, 0.25) is 0 Å². The van der Waals surface area contributed by atoms with Crippen molar-refractivity contribution in [3.8, 4) is 11.1 Å². The molecule has 0 aliphatic heterocycles. The second-order valence-electron chi connectivity index (χ2n) is 7.09. The molecule has 0 heterocycles. The molecule has 0 fully saturated rings. The summed E-state index contributed by atoms with van der Waals surface area (Å²) in [5.41, 5.74) is -6.64. The maximum atomic E-state index is 13.4. The summed E-state index contributed by atoms with van der Waals surface area (Å²) in [6.07, 6.45) is -12.3. The van der Waals surface area contributed by atoms with Crippen LogP contribution in [0.15, 0.2) is 42.5 Å². The molecule has 32 heavy (non-hydrogen) atoms. The van der Waals surface area contributed by atoms with Crippen molar-refractivity contribution in [2.24, 2.45) is 0 Å². The fourth-order valence-corrected chi connectivity index (χ4v) is 2.88. The highest BCUT2D eigenvalue weighted by Crippen LogP contribution is 2.50. The van der Waals surface area contributed by atoms with Crippen LogP contribution in [0.4, 0.5) is 26.3 Å². The molecule has 0 spiro atoms. The van der Waals surface area contributed by atoms with Gasteiger partial charge in [0.2, 0.25) is 0 Å². The van der Waals surface area contributed by atoms with Gasteiger partial charge in [0.15, 0.2) is 0 Å². The second kappa shape index (κ2) is 8.81. The van der Waals surface area contributed by atoms with Crippen molar-refractivity contribution in [1.29, 1.82) is 0 Å². The van der Waals surface area contributed by atoms with Gasteiger partial charge >= 0.3 is 18.3 Å². The summed E-state index contributed by atoms with van der Waals surface area (Å²) in [7, 11) is 1.04. The van der Waals surface area contributed by atoms with Gasteiger partial charge in [0, 0.05) is 11.1 Å². The van der Waals surface area contributed by atoms with Crippen LogP contribution in [0.5, 0.6) is 0 Å². The molecular weight excluding hydrogens is 444 g/mol. The van der Waals surface area contributed by atoms with E-state index < -0.39 is 47.0 Å². The first kappa shape index (κ1) is 25.2. The van der Waals surface area contributed by atoms with E-state index in [1.54, 1.807) is 19.1 Å². The number of nitrogens with one attached hydrogen (secondary N) is 1. The Morgan fingerprint density at radius 3 is 1.94 bits per heavy atom. The number of ether oxygens (including phenoxy) is 1. The Labute approximate surface area is 179 Å². The minimum atomic E-state index is -6.13. The van der Waals surface area contributed by atoms with Crippen LogP contribution in [0.3, 0.4) is 0 Å². The molecule has 5 nitrogen and oxygen atoms in total. The van der Waals surface area contributed by atoms with Gasteiger partial charge in [0.25, 0.3) is 11.5 Å². The molecule has 2 aromatic carbocycles. The Balaban J connectivity index is 2.72. The maximum Gasteiger partial charge on any atom is 0.430 e. The van der Waals surface area contributed by atoms with Crippen molar-refractivity contribution in [3.63, 3.8) is 0 Å². The Kier molecular flexibility index (Phi) is 6.93. The first-order valence-electron chi connectivity index (χ1n) is 9.09. The number of aliphatic hydroxyl groups is 1. The molecule has 0 bridgehead atoms. The summed E-state index contributed by atoms with van der Waals surface area (Å²) >= 11 is 0. The molecule has 2 N–H and O–H groups in total. The fraction of sp³-hybridized carbons (Fsp3) is 0.333. The summed E-state index contributed by atoms with van der Waals surface area (Å²) < 4.78 is 85.0. The minimum Gasteiger partial charge on any atom is -0.467 e. The van der Waals surface area contributed by atoms with E-state index in [0.717, 1.165) is 18.7 Å². The van der Waals surface area contributed by atoms with E-state index in [0.29, 0.717) is 6.07 Å². The molecule has 2 rings (SSSR count). The van der Waals surface area contributed by atoms with Crippen molar-refractivity contribution >= 4 is 11.9 Å². The first-order valence-corrected chi connectivity index (χ1v) is 9.09. The number of aryl methyl sites for hydroxylation is 1. The molecule has 1 atom stereocenters. The number of alkyl halides is 6. The number of carbonyl (C=O) groups is 2. The van der Waals surface area contributed by atoms with Crippen LogP contribution < -0.4 is 5.32 Å². The third kappa shape index (κ3) is 4.87. The van der Waals surface area contributed by atoms with Crippen LogP contribution in [0.25, 0.3) is 11.1 Å². The lowest BCUT2D eigenvalue weighted by molar-refractivity contribution is -0.376. The van der Waals surface area contributed by atoms with Crippen molar-refractivity contribution in [2.45, 2.75) is 37.8 Å². The lowest BCUT2D eigenvalue weighted by atomic mass is 9.87. The largest absolute Gasteiger partial charge is 0.467 e. The smallest absolute Gasteiger partial charge is 0.430 e. The Morgan fingerprint density at radius 1 is 0.938 bits per heavy atom. The number of methoxy groups -OCH3 is 1. The molecule has 0 saturated carbocycles. The normalized spacial score (nSPS) is 13.4. The molecule has 0 saturated heterocycles. The Bertz CT molecular complexity index is 985. The Hall–Kier alpha value is -3.08. The highest BCUT2D eigenvalue weighted by Gasteiger charge is 2.71. The van der Waals surface area contributed by atoms with E-state index in [4.69, 9.17) is 0 Å². The first-order chi connectivity index (χ1) is 14.6. The van der Waals surface area contributed by atoms with E-state index in [2.05, 4.69) is 10.1 Å².